The molecule has 1 heterocycles. The first-order chi connectivity index (χ1) is 9.49. The monoisotopic (exact) mass is 279 g/mol. The van der Waals surface area contributed by atoms with E-state index in [0.717, 1.165) is 18.8 Å². The topological polar surface area (TPSA) is 49.6 Å². The van der Waals surface area contributed by atoms with Gasteiger partial charge in [0.2, 0.25) is 5.91 Å². The third-order valence-electron chi connectivity index (χ3n) is 3.79. The summed E-state index contributed by atoms with van der Waals surface area (Å²) in [4.78, 5) is 16.1. The molecule has 1 saturated heterocycles. The van der Waals surface area contributed by atoms with Crippen molar-refractivity contribution in [2.75, 3.05) is 31.1 Å². The summed E-state index contributed by atoms with van der Waals surface area (Å²) in [6.45, 7) is 6.74. The lowest BCUT2D eigenvalue weighted by Gasteiger charge is -2.37. The van der Waals surface area contributed by atoms with Crippen molar-refractivity contribution >= 4 is 11.6 Å². The second kappa shape index (κ2) is 6.22. The van der Waals surface area contributed by atoms with Gasteiger partial charge in [0.1, 0.15) is 5.82 Å². The highest BCUT2D eigenvalue weighted by Crippen LogP contribution is 2.17. The fourth-order valence-electron chi connectivity index (χ4n) is 2.33. The maximum absolute atomic E-state index is 12.9. The molecular formula is C15H22FN3O. The van der Waals surface area contributed by atoms with Crippen molar-refractivity contribution in [3.8, 4) is 0 Å². The lowest BCUT2D eigenvalue weighted by atomic mass is 10.0. The largest absolute Gasteiger partial charge is 0.368 e. The summed E-state index contributed by atoms with van der Waals surface area (Å²) in [6.07, 6.45) is 0. The normalized spacial score (nSPS) is 17.4. The van der Waals surface area contributed by atoms with Crippen LogP contribution in [-0.4, -0.2) is 43.0 Å². The van der Waals surface area contributed by atoms with Gasteiger partial charge in [0.25, 0.3) is 0 Å². The minimum absolute atomic E-state index is 0.0266. The van der Waals surface area contributed by atoms with E-state index in [-0.39, 0.29) is 17.6 Å². The first-order valence-electron chi connectivity index (χ1n) is 7.04. The zero-order valence-corrected chi connectivity index (χ0v) is 12.1. The first kappa shape index (κ1) is 14.8. The molecule has 1 atom stereocenters. The predicted molar refractivity (Wildman–Crippen MR) is 78.0 cm³/mol. The maximum atomic E-state index is 12.9. The Morgan fingerprint density at radius 2 is 1.70 bits per heavy atom. The highest BCUT2D eigenvalue weighted by Gasteiger charge is 2.26. The fourth-order valence-corrected chi connectivity index (χ4v) is 2.33. The van der Waals surface area contributed by atoms with Crippen LogP contribution in [0.15, 0.2) is 24.3 Å². The van der Waals surface area contributed by atoms with E-state index in [1.54, 1.807) is 12.1 Å². The van der Waals surface area contributed by atoms with Gasteiger partial charge in [-0.2, -0.15) is 0 Å². The molecule has 5 heteroatoms. The van der Waals surface area contributed by atoms with Crippen LogP contribution >= 0.6 is 0 Å². The number of carbonyl (C=O) groups is 1. The van der Waals surface area contributed by atoms with E-state index in [1.165, 1.54) is 12.1 Å². The van der Waals surface area contributed by atoms with Crippen LogP contribution in [0.25, 0.3) is 0 Å². The Balaban J connectivity index is 1.92. The molecule has 1 amide bonds. The Hall–Kier alpha value is -1.62. The van der Waals surface area contributed by atoms with Gasteiger partial charge in [0, 0.05) is 31.9 Å². The molecule has 4 nitrogen and oxygen atoms in total. The Labute approximate surface area is 119 Å². The Morgan fingerprint density at radius 3 is 2.20 bits per heavy atom. The van der Waals surface area contributed by atoms with Crippen molar-refractivity contribution in [3.05, 3.63) is 30.1 Å². The van der Waals surface area contributed by atoms with Gasteiger partial charge >= 0.3 is 0 Å². The summed E-state index contributed by atoms with van der Waals surface area (Å²) >= 11 is 0. The highest BCUT2D eigenvalue weighted by molar-refractivity contribution is 5.82. The van der Waals surface area contributed by atoms with Gasteiger partial charge < -0.3 is 15.5 Å². The molecule has 2 rings (SSSR count). The quantitative estimate of drug-likeness (QED) is 0.911. The number of nitrogens with two attached hydrogens (primary N) is 1. The van der Waals surface area contributed by atoms with Gasteiger partial charge in [-0.25, -0.2) is 4.39 Å². The molecule has 1 aromatic carbocycles. The van der Waals surface area contributed by atoms with E-state index in [0.29, 0.717) is 13.1 Å². The smallest absolute Gasteiger partial charge is 0.239 e. The summed E-state index contributed by atoms with van der Waals surface area (Å²) < 4.78 is 12.9. The van der Waals surface area contributed by atoms with Crippen LogP contribution in [0.4, 0.5) is 10.1 Å². The molecule has 1 unspecified atom stereocenters. The van der Waals surface area contributed by atoms with Crippen molar-refractivity contribution in [1.29, 1.82) is 0 Å². The van der Waals surface area contributed by atoms with Gasteiger partial charge in [0.15, 0.2) is 0 Å². The average molecular weight is 279 g/mol. The number of rotatable bonds is 3. The summed E-state index contributed by atoms with van der Waals surface area (Å²) in [7, 11) is 0. The number of halogens is 1. The SMILES string of the molecule is CC(C)C(N)C(=O)N1CCN(c2ccc(F)cc2)CC1. The standard InChI is InChI=1S/C15H22FN3O/c1-11(2)14(17)15(20)19-9-7-18(8-10-19)13-5-3-12(16)4-6-13/h3-6,11,14H,7-10,17H2,1-2H3. The molecule has 2 N–H and O–H groups in total. The lowest BCUT2D eigenvalue weighted by Crippen LogP contribution is -2.54. The molecule has 0 aromatic heterocycles. The summed E-state index contributed by atoms with van der Waals surface area (Å²) in [5.74, 6) is -0.0538. The number of nitrogens with zero attached hydrogens (tertiary/aromatic N) is 2. The highest BCUT2D eigenvalue weighted by atomic mass is 19.1. The minimum Gasteiger partial charge on any atom is -0.368 e. The van der Waals surface area contributed by atoms with E-state index in [9.17, 15) is 9.18 Å². The lowest BCUT2D eigenvalue weighted by molar-refractivity contribution is -0.133. The van der Waals surface area contributed by atoms with Gasteiger partial charge in [-0.1, -0.05) is 13.8 Å². The Kier molecular flexibility index (Phi) is 4.60. The van der Waals surface area contributed by atoms with Crippen molar-refractivity contribution in [2.24, 2.45) is 11.7 Å². The number of amides is 1. The van der Waals surface area contributed by atoms with Gasteiger partial charge in [-0.05, 0) is 30.2 Å². The van der Waals surface area contributed by atoms with Gasteiger partial charge in [-0.3, -0.25) is 4.79 Å². The molecule has 20 heavy (non-hydrogen) atoms. The summed E-state index contributed by atoms with van der Waals surface area (Å²) in [6, 6.07) is 6.04. The molecular weight excluding hydrogens is 257 g/mol. The maximum Gasteiger partial charge on any atom is 0.239 e. The van der Waals surface area contributed by atoms with E-state index < -0.39 is 6.04 Å². The number of piperazine rings is 1. The van der Waals surface area contributed by atoms with Crippen LogP contribution < -0.4 is 10.6 Å². The van der Waals surface area contributed by atoms with Crippen molar-refractivity contribution < 1.29 is 9.18 Å². The molecule has 0 saturated carbocycles. The number of hydrogen-bond acceptors (Lipinski definition) is 3. The van der Waals surface area contributed by atoms with Crippen molar-refractivity contribution in [3.63, 3.8) is 0 Å². The van der Waals surface area contributed by atoms with Crippen LogP contribution in [-0.2, 0) is 4.79 Å². The predicted octanol–water partition coefficient (Wildman–Crippen LogP) is 1.46. The van der Waals surface area contributed by atoms with Crippen LogP contribution in [0.1, 0.15) is 13.8 Å². The van der Waals surface area contributed by atoms with Crippen LogP contribution in [0.2, 0.25) is 0 Å². The second-order valence-corrected chi connectivity index (χ2v) is 5.56. The molecule has 1 aliphatic rings. The van der Waals surface area contributed by atoms with Crippen LogP contribution in [0, 0.1) is 11.7 Å². The molecule has 1 aliphatic heterocycles. The summed E-state index contributed by atoms with van der Waals surface area (Å²) in [5.41, 5.74) is 6.90. The van der Waals surface area contributed by atoms with Crippen molar-refractivity contribution in [2.45, 2.75) is 19.9 Å². The Morgan fingerprint density at radius 1 is 1.15 bits per heavy atom. The summed E-state index contributed by atoms with van der Waals surface area (Å²) in [5, 5.41) is 0. The van der Waals surface area contributed by atoms with E-state index in [1.807, 2.05) is 18.7 Å². The number of carbonyl (C=O) groups excluding carboxylic acids is 1. The van der Waals surface area contributed by atoms with E-state index >= 15 is 0 Å². The third kappa shape index (κ3) is 3.28. The second-order valence-electron chi connectivity index (χ2n) is 5.56. The average Bonchev–Trinajstić information content (AvgIpc) is 2.46. The van der Waals surface area contributed by atoms with E-state index in [4.69, 9.17) is 5.73 Å². The zero-order valence-electron chi connectivity index (χ0n) is 12.1. The molecule has 0 aliphatic carbocycles. The third-order valence-corrected chi connectivity index (χ3v) is 3.79. The minimum atomic E-state index is -0.424. The van der Waals surface area contributed by atoms with Crippen LogP contribution in [0.5, 0.6) is 0 Å². The van der Waals surface area contributed by atoms with E-state index in [2.05, 4.69) is 4.90 Å². The number of benzene rings is 1. The van der Waals surface area contributed by atoms with Gasteiger partial charge in [0.05, 0.1) is 6.04 Å². The molecule has 0 radical (unpaired) electrons. The van der Waals surface area contributed by atoms with Gasteiger partial charge in [-0.15, -0.1) is 0 Å². The van der Waals surface area contributed by atoms with Crippen molar-refractivity contribution in [1.82, 2.24) is 4.90 Å². The zero-order chi connectivity index (χ0) is 14.7. The first-order valence-corrected chi connectivity index (χ1v) is 7.04. The van der Waals surface area contributed by atoms with Crippen LogP contribution in [0.3, 0.4) is 0 Å². The molecule has 110 valence electrons. The molecule has 0 spiro atoms. The number of hydrogen-bond donors (Lipinski definition) is 1. The molecule has 1 fully saturated rings. The number of anilines is 1. The molecule has 1 aromatic rings. The molecule has 0 bridgehead atoms. The fraction of sp³-hybridized carbons (Fsp3) is 0.533. The Bertz CT molecular complexity index is 453.